The summed E-state index contributed by atoms with van der Waals surface area (Å²) in [6, 6.07) is 19.6. The number of aromatic nitrogens is 2. The molecule has 9 rings (SSSR count). The number of H-pyrrole nitrogens is 1. The summed E-state index contributed by atoms with van der Waals surface area (Å²) in [6.45, 7) is 2.80. The minimum Gasteiger partial charge on any atom is -0.455 e. The molecule has 5 aromatic rings. The van der Waals surface area contributed by atoms with Crippen LogP contribution in [0.5, 0.6) is 11.5 Å². The Kier molecular flexibility index (Phi) is 11.4. The van der Waals surface area contributed by atoms with Gasteiger partial charge in [-0.25, -0.2) is 18.1 Å². The van der Waals surface area contributed by atoms with Crippen LogP contribution in [0.25, 0.3) is 16.6 Å². The van der Waals surface area contributed by atoms with Crippen LogP contribution in [-0.2, 0) is 14.8 Å². The van der Waals surface area contributed by atoms with Gasteiger partial charge >= 0.3 is 0 Å². The summed E-state index contributed by atoms with van der Waals surface area (Å²) in [7, 11) is -4.55. The Morgan fingerprint density at radius 3 is 2.63 bits per heavy atom. The predicted molar refractivity (Wildman–Crippen MR) is 230 cm³/mol. The smallest absolute Gasteiger partial charge is 0.293 e. The highest BCUT2D eigenvalue weighted by Crippen LogP contribution is 2.48. The van der Waals surface area contributed by atoms with Crippen molar-refractivity contribution in [1.29, 1.82) is 0 Å². The summed E-state index contributed by atoms with van der Waals surface area (Å²) in [6.07, 6.45) is 14.6. The Morgan fingerprint density at radius 1 is 1.00 bits per heavy atom. The maximum atomic E-state index is 13.9. The van der Waals surface area contributed by atoms with Crippen LogP contribution in [0, 0.1) is 16.0 Å². The highest BCUT2D eigenvalue weighted by atomic mass is 35.5. The van der Waals surface area contributed by atoms with E-state index < -0.39 is 31.4 Å². The maximum absolute atomic E-state index is 13.9. The molecule has 0 bridgehead atoms. The first-order valence-corrected chi connectivity index (χ1v) is 22.6. The Bertz CT molecular complexity index is 2590. The molecule has 2 atom stereocenters. The van der Waals surface area contributed by atoms with Crippen molar-refractivity contribution in [3.63, 3.8) is 0 Å². The van der Waals surface area contributed by atoms with E-state index >= 15 is 0 Å². The number of anilines is 1. The number of carbonyl (C=O) groups excluding carboxylic acids is 1. The fourth-order valence-corrected chi connectivity index (χ4v) is 10.2. The van der Waals surface area contributed by atoms with E-state index in [1.807, 2.05) is 18.2 Å². The van der Waals surface area contributed by atoms with E-state index in [-0.39, 0.29) is 22.9 Å². The number of halogens is 1. The van der Waals surface area contributed by atoms with Gasteiger partial charge in [0.15, 0.2) is 0 Å². The summed E-state index contributed by atoms with van der Waals surface area (Å²) in [5.41, 5.74) is 5.25. The van der Waals surface area contributed by atoms with Gasteiger partial charge in [-0.3, -0.25) is 19.8 Å². The minimum atomic E-state index is -4.55. The number of allylic oxidation sites excluding steroid dienone is 1. The number of pyridine rings is 1. The quantitative estimate of drug-likeness (QED) is 0.0766. The number of rotatable bonds is 13. The minimum absolute atomic E-state index is 0.0237. The molecule has 3 fully saturated rings. The number of benzene rings is 3. The topological polar surface area (TPSA) is 169 Å². The summed E-state index contributed by atoms with van der Waals surface area (Å²) in [4.78, 5) is 35.1. The van der Waals surface area contributed by atoms with Gasteiger partial charge in [0.25, 0.3) is 21.6 Å². The molecule has 13 nitrogen and oxygen atoms in total. The fourth-order valence-electron chi connectivity index (χ4n) is 9.06. The second-order valence-corrected chi connectivity index (χ2v) is 18.4. The zero-order valence-corrected chi connectivity index (χ0v) is 34.6. The van der Waals surface area contributed by atoms with Crippen molar-refractivity contribution in [2.45, 2.75) is 80.7 Å². The second kappa shape index (κ2) is 17.0. The van der Waals surface area contributed by atoms with Crippen molar-refractivity contribution >= 4 is 55.5 Å². The van der Waals surface area contributed by atoms with E-state index in [0.29, 0.717) is 49.2 Å². The summed E-state index contributed by atoms with van der Waals surface area (Å²) < 4.78 is 41.2. The molecule has 15 heteroatoms. The number of likely N-dealkylation sites (tertiary alicyclic amines) is 1. The molecule has 4 aliphatic rings. The van der Waals surface area contributed by atoms with Crippen LogP contribution in [0.2, 0.25) is 5.02 Å². The van der Waals surface area contributed by atoms with Gasteiger partial charge in [-0.1, -0.05) is 29.8 Å². The Labute approximate surface area is 353 Å². The standard InChI is InChI=1S/C45H47ClN6O7S/c46-33-8-13-37(39(24-33)30-3-4-30)41-2-1-19-51(41)34-9-5-29(6-10-34)31-7-12-38(43(23-31)59-35-22-32-15-18-47-44(32)49-27-35)45(53)50-60(56,57)36-11-14-40(42(25-36)52(54)55)48-26-28-16-20-58-21-17-28/h5,7-8,11-15,18,22-25,27-28,30,34,41,48H,1-4,6,9-10,16-17,19-21,26H2,(H,47,49)(H,50,53). The van der Waals surface area contributed by atoms with Crippen molar-refractivity contribution < 1.29 is 27.6 Å². The monoisotopic (exact) mass is 850 g/mol. The Morgan fingerprint density at radius 2 is 1.85 bits per heavy atom. The van der Waals surface area contributed by atoms with E-state index in [1.165, 1.54) is 42.3 Å². The number of hydrogen-bond donors (Lipinski definition) is 3. The lowest BCUT2D eigenvalue weighted by Crippen LogP contribution is -2.36. The molecule has 1 saturated carbocycles. The van der Waals surface area contributed by atoms with Crippen LogP contribution in [-0.4, -0.2) is 66.5 Å². The van der Waals surface area contributed by atoms with Gasteiger partial charge in [0, 0.05) is 54.5 Å². The van der Waals surface area contributed by atoms with Crippen molar-refractivity contribution in [3.8, 4) is 11.5 Å². The maximum Gasteiger partial charge on any atom is 0.293 e. The summed E-state index contributed by atoms with van der Waals surface area (Å²) in [5.74, 6) is 0.459. The molecular weight excluding hydrogens is 804 g/mol. The molecule has 1 amide bonds. The molecule has 2 saturated heterocycles. The van der Waals surface area contributed by atoms with Crippen LogP contribution >= 0.6 is 11.6 Å². The molecule has 2 aromatic heterocycles. The first-order valence-electron chi connectivity index (χ1n) is 20.8. The molecule has 2 aliphatic heterocycles. The first kappa shape index (κ1) is 40.1. The second-order valence-electron chi connectivity index (χ2n) is 16.3. The SMILES string of the molecule is O=C(NS(=O)(=O)c1ccc(NCC2CCOCC2)c([N+](=O)[O-])c1)c1ccc(C2=CCC(N3CCCC3c3ccc(Cl)cc3C3CC3)CC2)cc1Oc1cnc2[nH]ccc2c1. The van der Waals surface area contributed by atoms with Gasteiger partial charge in [0.2, 0.25) is 0 Å². The number of fused-ring (bicyclic) bond motifs is 1. The van der Waals surface area contributed by atoms with Crippen LogP contribution < -0.4 is 14.8 Å². The Hall–Kier alpha value is -5.28. The highest BCUT2D eigenvalue weighted by molar-refractivity contribution is 7.90. The van der Waals surface area contributed by atoms with Crippen LogP contribution in [0.4, 0.5) is 11.4 Å². The molecule has 4 heterocycles. The zero-order valence-electron chi connectivity index (χ0n) is 33.1. The lowest BCUT2D eigenvalue weighted by atomic mass is 9.88. The van der Waals surface area contributed by atoms with Gasteiger partial charge in [-0.2, -0.15) is 0 Å². The average molecular weight is 851 g/mol. The molecular formula is C45H47ClN6O7S. The van der Waals surface area contributed by atoms with Gasteiger partial charge in [-0.15, -0.1) is 0 Å². The summed E-state index contributed by atoms with van der Waals surface area (Å²) >= 11 is 6.45. The molecule has 312 valence electrons. The molecule has 0 radical (unpaired) electrons. The lowest BCUT2D eigenvalue weighted by Gasteiger charge is -2.36. The van der Waals surface area contributed by atoms with Gasteiger partial charge in [-0.05, 0) is 147 Å². The van der Waals surface area contributed by atoms with Gasteiger partial charge in [0.05, 0.1) is 21.6 Å². The van der Waals surface area contributed by atoms with Crippen molar-refractivity contribution in [1.82, 2.24) is 19.6 Å². The normalized spacial score (nSPS) is 20.2. The molecule has 2 unspecified atom stereocenters. The van der Waals surface area contributed by atoms with Crippen LogP contribution in [0.15, 0.2) is 90.1 Å². The van der Waals surface area contributed by atoms with Crippen molar-refractivity contribution in [3.05, 3.63) is 123 Å². The first-order chi connectivity index (χ1) is 29.1. The number of nitrogens with zero attached hydrogens (tertiary/aromatic N) is 3. The number of nitrogens with one attached hydrogen (secondary N) is 3. The van der Waals surface area contributed by atoms with E-state index in [0.717, 1.165) is 79.1 Å². The molecule has 3 N–H and O–H groups in total. The number of amides is 1. The van der Waals surface area contributed by atoms with Gasteiger partial charge in [0.1, 0.15) is 22.8 Å². The fraction of sp³-hybridized carbons (Fsp3) is 0.378. The third-order valence-electron chi connectivity index (χ3n) is 12.4. The predicted octanol–water partition coefficient (Wildman–Crippen LogP) is 9.52. The number of hydrogen-bond acceptors (Lipinski definition) is 10. The Balaban J connectivity index is 0.955. The third kappa shape index (κ3) is 8.65. The largest absolute Gasteiger partial charge is 0.455 e. The average Bonchev–Trinajstić information content (AvgIpc) is 3.80. The molecule has 0 spiro atoms. The number of ether oxygens (including phenoxy) is 2. The highest BCUT2D eigenvalue weighted by Gasteiger charge is 2.36. The van der Waals surface area contributed by atoms with Gasteiger partial charge < -0.3 is 19.8 Å². The van der Waals surface area contributed by atoms with E-state index in [9.17, 15) is 23.3 Å². The van der Waals surface area contributed by atoms with E-state index in [2.05, 4.69) is 43.1 Å². The third-order valence-corrected chi connectivity index (χ3v) is 14.0. The number of aromatic amines is 1. The van der Waals surface area contributed by atoms with Crippen LogP contribution in [0.3, 0.4) is 0 Å². The molecule has 2 aliphatic carbocycles. The number of nitro groups is 1. The number of sulfonamides is 1. The van der Waals surface area contributed by atoms with Crippen LogP contribution in [0.1, 0.15) is 96.8 Å². The van der Waals surface area contributed by atoms with Crippen molar-refractivity contribution in [2.24, 2.45) is 5.92 Å². The van der Waals surface area contributed by atoms with Crippen molar-refractivity contribution in [2.75, 3.05) is 31.6 Å². The van der Waals surface area contributed by atoms with E-state index in [1.54, 1.807) is 24.4 Å². The lowest BCUT2D eigenvalue weighted by molar-refractivity contribution is -0.384. The number of carbonyl (C=O) groups is 1. The molecule has 3 aromatic carbocycles. The number of nitro benzene ring substituents is 1. The zero-order chi connectivity index (χ0) is 41.4. The molecule has 60 heavy (non-hydrogen) atoms. The van der Waals surface area contributed by atoms with E-state index in [4.69, 9.17) is 21.1 Å². The summed E-state index contributed by atoms with van der Waals surface area (Å²) in [5, 5.41) is 16.8.